The van der Waals surface area contributed by atoms with Gasteiger partial charge in [-0.2, -0.15) is 0 Å². The van der Waals surface area contributed by atoms with Gasteiger partial charge in [0.25, 0.3) is 0 Å². The van der Waals surface area contributed by atoms with Crippen molar-refractivity contribution < 1.29 is 0 Å². The molecule has 3 aromatic carbocycles. The van der Waals surface area contributed by atoms with Crippen LogP contribution < -0.4 is 0 Å². The van der Waals surface area contributed by atoms with Gasteiger partial charge in [0.1, 0.15) is 0 Å². The first-order valence-electron chi connectivity index (χ1n) is 8.13. The first-order chi connectivity index (χ1) is 11.7. The standard InChI is InChI=1S/C24H20/c1-19-12-15-22(16-13-19)24-17-14-20(2)18-23(24)11-7-6-10-21-8-4-3-5-9-21/h3-5,7-9,11-18H,1-2H3. The molecule has 3 aromatic rings. The fourth-order valence-corrected chi connectivity index (χ4v) is 2.59. The Balaban J connectivity index is 1.90. The molecule has 0 aliphatic rings. The lowest BCUT2D eigenvalue weighted by molar-refractivity contribution is 1.43. The van der Waals surface area contributed by atoms with E-state index in [1.165, 1.54) is 27.8 Å². The number of aryl methyl sites for hydroxylation is 2. The molecule has 3 rings (SSSR count). The van der Waals surface area contributed by atoms with E-state index in [1.807, 2.05) is 36.4 Å². The Morgan fingerprint density at radius 2 is 1.46 bits per heavy atom. The van der Waals surface area contributed by atoms with Gasteiger partial charge >= 0.3 is 0 Å². The van der Waals surface area contributed by atoms with Gasteiger partial charge in [-0.15, -0.1) is 0 Å². The molecule has 0 heteroatoms. The quantitative estimate of drug-likeness (QED) is 0.507. The maximum atomic E-state index is 3.16. The van der Waals surface area contributed by atoms with E-state index in [0.717, 1.165) is 5.56 Å². The molecule has 0 saturated carbocycles. The summed E-state index contributed by atoms with van der Waals surface area (Å²) >= 11 is 0. The Labute approximate surface area is 144 Å². The fourth-order valence-electron chi connectivity index (χ4n) is 2.59. The molecule has 0 saturated heterocycles. The lowest BCUT2D eigenvalue weighted by Gasteiger charge is -2.08. The molecule has 0 nitrogen and oxygen atoms in total. The highest BCUT2D eigenvalue weighted by atomic mass is 14.1. The molecule has 0 radical (unpaired) electrons. The highest BCUT2D eigenvalue weighted by molar-refractivity contribution is 5.76. The van der Waals surface area contributed by atoms with Gasteiger partial charge in [0.15, 0.2) is 0 Å². The van der Waals surface area contributed by atoms with Crippen LogP contribution in [0.2, 0.25) is 0 Å². The molecule has 0 N–H and O–H groups in total. The van der Waals surface area contributed by atoms with E-state index in [0.29, 0.717) is 0 Å². The second-order valence-corrected chi connectivity index (χ2v) is 5.93. The van der Waals surface area contributed by atoms with Crippen molar-refractivity contribution >= 4 is 6.08 Å². The van der Waals surface area contributed by atoms with Gasteiger partial charge < -0.3 is 0 Å². The average Bonchev–Trinajstić information content (AvgIpc) is 2.61. The molecular formula is C24H20. The minimum atomic E-state index is 1.03. The molecule has 0 unspecified atom stereocenters. The van der Waals surface area contributed by atoms with Crippen molar-refractivity contribution in [3.63, 3.8) is 0 Å². The molecule has 0 aliphatic carbocycles. The summed E-state index contributed by atoms with van der Waals surface area (Å²) in [7, 11) is 0. The SMILES string of the molecule is Cc1ccc(-c2ccc(C)cc2C=CC#Cc2ccccc2)cc1. The molecule has 0 aromatic heterocycles. The van der Waals surface area contributed by atoms with Crippen molar-refractivity contribution in [1.29, 1.82) is 0 Å². The molecule has 24 heavy (non-hydrogen) atoms. The average molecular weight is 308 g/mol. The van der Waals surface area contributed by atoms with Crippen LogP contribution in [0.4, 0.5) is 0 Å². The van der Waals surface area contributed by atoms with E-state index in [9.17, 15) is 0 Å². The van der Waals surface area contributed by atoms with E-state index in [2.05, 4.69) is 74.2 Å². The third-order valence-electron chi connectivity index (χ3n) is 3.91. The summed E-state index contributed by atoms with van der Waals surface area (Å²) in [4.78, 5) is 0. The summed E-state index contributed by atoms with van der Waals surface area (Å²) in [6.07, 6.45) is 4.03. The van der Waals surface area contributed by atoms with Crippen molar-refractivity contribution in [2.24, 2.45) is 0 Å². The van der Waals surface area contributed by atoms with E-state index in [-0.39, 0.29) is 0 Å². The van der Waals surface area contributed by atoms with E-state index >= 15 is 0 Å². The summed E-state index contributed by atoms with van der Waals surface area (Å²) < 4.78 is 0. The Hall–Kier alpha value is -3.04. The van der Waals surface area contributed by atoms with Crippen molar-refractivity contribution in [2.75, 3.05) is 0 Å². The second-order valence-electron chi connectivity index (χ2n) is 5.93. The summed E-state index contributed by atoms with van der Waals surface area (Å²) in [6, 6.07) is 25.2. The van der Waals surface area contributed by atoms with Gasteiger partial charge in [0.05, 0.1) is 0 Å². The number of allylic oxidation sites excluding steroid dienone is 1. The van der Waals surface area contributed by atoms with Crippen LogP contribution in [0, 0.1) is 25.7 Å². The van der Waals surface area contributed by atoms with Gasteiger partial charge in [-0.25, -0.2) is 0 Å². The number of hydrogen-bond donors (Lipinski definition) is 0. The third-order valence-corrected chi connectivity index (χ3v) is 3.91. The highest BCUT2D eigenvalue weighted by Gasteiger charge is 2.03. The molecular weight excluding hydrogens is 288 g/mol. The van der Waals surface area contributed by atoms with Gasteiger partial charge in [-0.1, -0.05) is 83.6 Å². The fraction of sp³-hybridized carbons (Fsp3) is 0.0833. The van der Waals surface area contributed by atoms with Crippen molar-refractivity contribution in [1.82, 2.24) is 0 Å². The minimum Gasteiger partial charge on any atom is -0.0696 e. The molecule has 0 heterocycles. The van der Waals surface area contributed by atoms with Gasteiger partial charge in [0.2, 0.25) is 0 Å². The number of benzene rings is 3. The first kappa shape index (κ1) is 15.8. The maximum absolute atomic E-state index is 3.16. The number of hydrogen-bond acceptors (Lipinski definition) is 0. The topological polar surface area (TPSA) is 0 Å². The molecule has 0 spiro atoms. The maximum Gasteiger partial charge on any atom is 0.0248 e. The van der Waals surface area contributed by atoms with Crippen LogP contribution >= 0.6 is 0 Å². The third kappa shape index (κ3) is 4.03. The molecule has 0 atom stereocenters. The molecule has 116 valence electrons. The second kappa shape index (κ2) is 7.49. The predicted molar refractivity (Wildman–Crippen MR) is 104 cm³/mol. The Morgan fingerprint density at radius 3 is 2.21 bits per heavy atom. The molecule has 0 amide bonds. The Bertz CT molecular complexity index is 902. The summed E-state index contributed by atoms with van der Waals surface area (Å²) in [5.74, 6) is 6.29. The lowest BCUT2D eigenvalue weighted by Crippen LogP contribution is -1.85. The van der Waals surface area contributed by atoms with Crippen molar-refractivity contribution in [3.8, 4) is 23.0 Å². The number of rotatable bonds is 2. The van der Waals surface area contributed by atoms with Crippen molar-refractivity contribution in [2.45, 2.75) is 13.8 Å². The van der Waals surface area contributed by atoms with Gasteiger partial charge in [0, 0.05) is 5.56 Å². The Morgan fingerprint density at radius 1 is 0.750 bits per heavy atom. The van der Waals surface area contributed by atoms with E-state index in [1.54, 1.807) is 0 Å². The van der Waals surface area contributed by atoms with Gasteiger partial charge in [-0.3, -0.25) is 0 Å². The minimum absolute atomic E-state index is 1.03. The van der Waals surface area contributed by atoms with Crippen LogP contribution in [-0.2, 0) is 0 Å². The van der Waals surface area contributed by atoms with Gasteiger partial charge in [-0.05, 0) is 54.8 Å². The zero-order valence-electron chi connectivity index (χ0n) is 14.1. The molecule has 0 bridgehead atoms. The molecule has 0 fully saturated rings. The monoisotopic (exact) mass is 308 g/mol. The zero-order valence-corrected chi connectivity index (χ0v) is 14.1. The van der Waals surface area contributed by atoms with Crippen LogP contribution in [-0.4, -0.2) is 0 Å². The van der Waals surface area contributed by atoms with Crippen LogP contribution in [0.3, 0.4) is 0 Å². The Kier molecular flexibility index (Phi) is 4.94. The zero-order chi connectivity index (χ0) is 16.8. The van der Waals surface area contributed by atoms with E-state index in [4.69, 9.17) is 0 Å². The van der Waals surface area contributed by atoms with E-state index < -0.39 is 0 Å². The normalized spacial score (nSPS) is 10.4. The highest BCUT2D eigenvalue weighted by Crippen LogP contribution is 2.26. The van der Waals surface area contributed by atoms with Crippen LogP contribution in [0.1, 0.15) is 22.3 Å². The predicted octanol–water partition coefficient (Wildman–Crippen LogP) is 6.04. The van der Waals surface area contributed by atoms with Crippen molar-refractivity contribution in [3.05, 3.63) is 101 Å². The van der Waals surface area contributed by atoms with Crippen LogP contribution in [0.5, 0.6) is 0 Å². The van der Waals surface area contributed by atoms with Crippen LogP contribution in [0.15, 0.2) is 78.9 Å². The summed E-state index contributed by atoms with van der Waals surface area (Å²) in [5.41, 5.74) is 7.22. The summed E-state index contributed by atoms with van der Waals surface area (Å²) in [6.45, 7) is 4.23. The summed E-state index contributed by atoms with van der Waals surface area (Å²) in [5, 5.41) is 0. The smallest absolute Gasteiger partial charge is 0.0248 e. The first-order valence-corrected chi connectivity index (χ1v) is 8.13. The largest absolute Gasteiger partial charge is 0.0696 e. The van der Waals surface area contributed by atoms with Crippen LogP contribution in [0.25, 0.3) is 17.2 Å². The lowest BCUT2D eigenvalue weighted by atomic mass is 9.97. The molecule has 0 aliphatic heterocycles.